The van der Waals surface area contributed by atoms with Crippen molar-refractivity contribution in [2.75, 3.05) is 13.7 Å². The molecule has 0 aromatic rings. The first-order valence-electron chi connectivity index (χ1n) is 5.07. The van der Waals surface area contributed by atoms with Gasteiger partial charge in [-0.1, -0.05) is 0 Å². The smallest absolute Gasteiger partial charge is 0.0610 e. The first-order chi connectivity index (χ1) is 5.97. The lowest BCUT2D eigenvalue weighted by molar-refractivity contribution is 0.0466. The second kappa shape index (κ2) is 3.95. The maximum absolute atomic E-state index is 9.22. The zero-order valence-electron chi connectivity index (χ0n) is 8.95. The van der Waals surface area contributed by atoms with Gasteiger partial charge in [0.1, 0.15) is 0 Å². The van der Waals surface area contributed by atoms with Crippen LogP contribution >= 0.6 is 0 Å². The van der Waals surface area contributed by atoms with E-state index in [-0.39, 0.29) is 12.1 Å². The van der Waals surface area contributed by atoms with Gasteiger partial charge in [0, 0.05) is 17.6 Å². The largest absolute Gasteiger partial charge is 0.394 e. The van der Waals surface area contributed by atoms with Crippen molar-refractivity contribution in [1.29, 1.82) is 0 Å². The van der Waals surface area contributed by atoms with Gasteiger partial charge in [-0.15, -0.1) is 0 Å². The summed E-state index contributed by atoms with van der Waals surface area (Å²) >= 11 is 0. The van der Waals surface area contributed by atoms with E-state index in [2.05, 4.69) is 25.8 Å². The van der Waals surface area contributed by atoms with Crippen molar-refractivity contribution in [2.24, 2.45) is 5.73 Å². The van der Waals surface area contributed by atoms with Crippen LogP contribution < -0.4 is 5.73 Å². The Hall–Kier alpha value is -0.120. The summed E-state index contributed by atoms with van der Waals surface area (Å²) in [5, 5.41) is 9.22. The highest BCUT2D eigenvalue weighted by Crippen LogP contribution is 2.26. The number of hydrogen-bond donors (Lipinski definition) is 2. The molecule has 0 amide bonds. The molecule has 3 heteroatoms. The van der Waals surface area contributed by atoms with E-state index in [0.717, 1.165) is 12.8 Å². The van der Waals surface area contributed by atoms with E-state index in [1.165, 1.54) is 6.42 Å². The number of aliphatic hydroxyl groups is 1. The SMILES string of the molecule is CN(C1CCC(N)C1)C(C)(C)CO. The fourth-order valence-corrected chi connectivity index (χ4v) is 1.95. The third-order valence-corrected chi connectivity index (χ3v) is 3.33. The molecule has 0 bridgehead atoms. The third-order valence-electron chi connectivity index (χ3n) is 3.33. The van der Waals surface area contributed by atoms with Crippen LogP contribution in [0.5, 0.6) is 0 Å². The Morgan fingerprint density at radius 2 is 2.08 bits per heavy atom. The zero-order chi connectivity index (χ0) is 10.1. The highest BCUT2D eigenvalue weighted by atomic mass is 16.3. The molecular weight excluding hydrogens is 164 g/mol. The highest BCUT2D eigenvalue weighted by molar-refractivity contribution is 4.90. The van der Waals surface area contributed by atoms with Crippen molar-refractivity contribution >= 4 is 0 Å². The molecule has 1 fully saturated rings. The fraction of sp³-hybridized carbons (Fsp3) is 1.00. The molecule has 1 aliphatic rings. The van der Waals surface area contributed by atoms with Gasteiger partial charge in [-0.05, 0) is 40.2 Å². The summed E-state index contributed by atoms with van der Waals surface area (Å²) in [4.78, 5) is 2.26. The van der Waals surface area contributed by atoms with Gasteiger partial charge in [0.25, 0.3) is 0 Å². The van der Waals surface area contributed by atoms with Crippen LogP contribution in [0.2, 0.25) is 0 Å². The van der Waals surface area contributed by atoms with Gasteiger partial charge in [0.2, 0.25) is 0 Å². The third kappa shape index (κ3) is 2.42. The molecule has 13 heavy (non-hydrogen) atoms. The van der Waals surface area contributed by atoms with E-state index < -0.39 is 0 Å². The second-order valence-corrected chi connectivity index (χ2v) is 4.81. The normalized spacial score (nSPS) is 30.0. The molecule has 1 rings (SSSR count). The Morgan fingerprint density at radius 1 is 1.46 bits per heavy atom. The average molecular weight is 186 g/mol. The number of aliphatic hydroxyl groups excluding tert-OH is 1. The van der Waals surface area contributed by atoms with E-state index in [0.29, 0.717) is 12.1 Å². The Balaban J connectivity index is 2.52. The van der Waals surface area contributed by atoms with Crippen LogP contribution in [0.3, 0.4) is 0 Å². The maximum Gasteiger partial charge on any atom is 0.0610 e. The standard InChI is InChI=1S/C10H22N2O/c1-10(2,7-13)12(3)9-5-4-8(11)6-9/h8-9,13H,4-7,11H2,1-3H3. The minimum absolute atomic E-state index is 0.116. The maximum atomic E-state index is 9.22. The van der Waals surface area contributed by atoms with Crippen molar-refractivity contribution in [1.82, 2.24) is 4.90 Å². The van der Waals surface area contributed by atoms with Crippen molar-refractivity contribution in [3.05, 3.63) is 0 Å². The number of nitrogens with two attached hydrogens (primary N) is 1. The van der Waals surface area contributed by atoms with Crippen LogP contribution in [0.1, 0.15) is 33.1 Å². The van der Waals surface area contributed by atoms with Gasteiger partial charge in [-0.25, -0.2) is 0 Å². The Bertz CT molecular complexity index is 170. The number of rotatable bonds is 3. The summed E-state index contributed by atoms with van der Waals surface area (Å²) < 4.78 is 0. The molecule has 0 heterocycles. The number of likely N-dealkylation sites (N-methyl/N-ethyl adjacent to an activating group) is 1. The molecule has 3 N–H and O–H groups in total. The Morgan fingerprint density at radius 3 is 2.46 bits per heavy atom. The molecule has 0 aromatic heterocycles. The molecule has 2 unspecified atom stereocenters. The summed E-state index contributed by atoms with van der Waals surface area (Å²) in [6.07, 6.45) is 3.36. The van der Waals surface area contributed by atoms with E-state index in [1.807, 2.05) is 0 Å². The molecule has 0 saturated heterocycles. The molecule has 0 spiro atoms. The fourth-order valence-electron chi connectivity index (χ4n) is 1.95. The van der Waals surface area contributed by atoms with E-state index in [4.69, 9.17) is 5.73 Å². The van der Waals surface area contributed by atoms with Crippen LogP contribution in [0.4, 0.5) is 0 Å². The van der Waals surface area contributed by atoms with Crippen LogP contribution in [-0.4, -0.2) is 41.3 Å². The van der Waals surface area contributed by atoms with Gasteiger partial charge in [-0.2, -0.15) is 0 Å². The molecule has 2 atom stereocenters. The molecule has 78 valence electrons. The molecule has 0 radical (unpaired) electrons. The van der Waals surface area contributed by atoms with Crippen molar-refractivity contribution in [2.45, 2.75) is 50.7 Å². The lowest BCUT2D eigenvalue weighted by Crippen LogP contribution is -2.49. The van der Waals surface area contributed by atoms with Gasteiger partial charge in [-0.3, -0.25) is 4.90 Å². The molecule has 1 aliphatic carbocycles. The van der Waals surface area contributed by atoms with Gasteiger partial charge in [0.05, 0.1) is 6.61 Å². The van der Waals surface area contributed by atoms with Crippen molar-refractivity contribution in [3.8, 4) is 0 Å². The monoisotopic (exact) mass is 186 g/mol. The van der Waals surface area contributed by atoms with Gasteiger partial charge >= 0.3 is 0 Å². The Kier molecular flexibility index (Phi) is 3.33. The molecule has 1 saturated carbocycles. The molecule has 0 aliphatic heterocycles. The van der Waals surface area contributed by atoms with Crippen LogP contribution in [0, 0.1) is 0 Å². The predicted octanol–water partition coefficient (Wildman–Crippen LogP) is 0.569. The summed E-state index contributed by atoms with van der Waals surface area (Å²) in [6, 6.07) is 0.916. The summed E-state index contributed by atoms with van der Waals surface area (Å²) in [7, 11) is 2.08. The van der Waals surface area contributed by atoms with Crippen molar-refractivity contribution < 1.29 is 5.11 Å². The second-order valence-electron chi connectivity index (χ2n) is 4.81. The topological polar surface area (TPSA) is 49.5 Å². The summed E-state index contributed by atoms with van der Waals surface area (Å²) in [5.74, 6) is 0. The van der Waals surface area contributed by atoms with E-state index in [1.54, 1.807) is 0 Å². The lowest BCUT2D eigenvalue weighted by atomic mass is 10.0. The first-order valence-corrected chi connectivity index (χ1v) is 5.07. The summed E-state index contributed by atoms with van der Waals surface area (Å²) in [6.45, 7) is 4.34. The quantitative estimate of drug-likeness (QED) is 0.677. The zero-order valence-corrected chi connectivity index (χ0v) is 8.95. The lowest BCUT2D eigenvalue weighted by Gasteiger charge is -2.38. The van der Waals surface area contributed by atoms with Gasteiger partial charge in [0.15, 0.2) is 0 Å². The van der Waals surface area contributed by atoms with Crippen LogP contribution in [0.25, 0.3) is 0 Å². The minimum atomic E-state index is -0.116. The van der Waals surface area contributed by atoms with Gasteiger partial charge < -0.3 is 10.8 Å². The van der Waals surface area contributed by atoms with Crippen molar-refractivity contribution in [3.63, 3.8) is 0 Å². The molecule has 3 nitrogen and oxygen atoms in total. The number of nitrogens with zero attached hydrogens (tertiary/aromatic N) is 1. The number of hydrogen-bond acceptors (Lipinski definition) is 3. The van der Waals surface area contributed by atoms with E-state index >= 15 is 0 Å². The summed E-state index contributed by atoms with van der Waals surface area (Å²) in [5.41, 5.74) is 5.74. The Labute approximate surface area is 80.9 Å². The molecular formula is C10H22N2O. The van der Waals surface area contributed by atoms with Crippen LogP contribution in [0.15, 0.2) is 0 Å². The first kappa shape index (κ1) is 11.0. The predicted molar refractivity (Wildman–Crippen MR) is 54.5 cm³/mol. The average Bonchev–Trinajstić information content (AvgIpc) is 2.50. The van der Waals surface area contributed by atoms with Crippen LogP contribution in [-0.2, 0) is 0 Å². The minimum Gasteiger partial charge on any atom is -0.394 e. The highest BCUT2D eigenvalue weighted by Gasteiger charge is 2.32. The van der Waals surface area contributed by atoms with E-state index in [9.17, 15) is 5.11 Å². The molecule has 0 aromatic carbocycles.